The summed E-state index contributed by atoms with van der Waals surface area (Å²) in [5.74, 6) is -2.20. The quantitative estimate of drug-likeness (QED) is 0.595. The summed E-state index contributed by atoms with van der Waals surface area (Å²) in [5.41, 5.74) is 1.49. The third-order valence-corrected chi connectivity index (χ3v) is 4.07. The Balaban J connectivity index is 3.40. The van der Waals surface area contributed by atoms with Crippen LogP contribution in [0.4, 0.5) is 0 Å². The van der Waals surface area contributed by atoms with Crippen LogP contribution < -0.4 is 0 Å². The van der Waals surface area contributed by atoms with E-state index in [1.165, 1.54) is 11.8 Å². The van der Waals surface area contributed by atoms with Crippen molar-refractivity contribution in [2.24, 2.45) is 0 Å². The minimum absolute atomic E-state index is 0.0816. The third-order valence-electron chi connectivity index (χ3n) is 4.07. The average molecular weight is 359 g/mol. The number of aliphatic carboxylic acids is 1. The lowest BCUT2D eigenvalue weighted by Crippen LogP contribution is -2.33. The van der Waals surface area contributed by atoms with Gasteiger partial charge >= 0.3 is 11.9 Å². The van der Waals surface area contributed by atoms with Crippen molar-refractivity contribution in [3.05, 3.63) is 58.8 Å². The van der Waals surface area contributed by atoms with Gasteiger partial charge in [-0.1, -0.05) is 30.3 Å². The summed E-state index contributed by atoms with van der Waals surface area (Å²) >= 11 is 0. The molecule has 1 amide bonds. The van der Waals surface area contributed by atoms with Crippen molar-refractivity contribution in [3.63, 3.8) is 0 Å². The largest absolute Gasteiger partial charge is 0.478 e. The SMILES string of the molecule is CCOC(=O)/C(C)=C(/C)N(C(=O)/C=C(\C)C(=O)O)[C@@H](C)c1ccccc1. The Morgan fingerprint density at radius 2 is 1.73 bits per heavy atom. The molecule has 0 bridgehead atoms. The van der Waals surface area contributed by atoms with Gasteiger partial charge in [-0.3, -0.25) is 4.79 Å². The molecule has 1 aromatic carbocycles. The molecular formula is C20H25NO5. The van der Waals surface area contributed by atoms with Crippen molar-refractivity contribution >= 4 is 17.8 Å². The zero-order valence-electron chi connectivity index (χ0n) is 15.8. The van der Waals surface area contributed by atoms with Crippen molar-refractivity contribution < 1.29 is 24.2 Å². The van der Waals surface area contributed by atoms with Gasteiger partial charge in [-0.05, 0) is 40.2 Å². The fraction of sp³-hybridized carbons (Fsp3) is 0.350. The Morgan fingerprint density at radius 3 is 2.23 bits per heavy atom. The fourth-order valence-electron chi connectivity index (χ4n) is 2.41. The van der Waals surface area contributed by atoms with Crippen LogP contribution in [0.5, 0.6) is 0 Å². The van der Waals surface area contributed by atoms with Gasteiger partial charge < -0.3 is 14.7 Å². The van der Waals surface area contributed by atoms with Gasteiger partial charge in [0.05, 0.1) is 18.2 Å². The smallest absolute Gasteiger partial charge is 0.335 e. The number of esters is 1. The van der Waals surface area contributed by atoms with Crippen LogP contribution >= 0.6 is 0 Å². The predicted octanol–water partition coefficient (Wildman–Crippen LogP) is 3.46. The number of rotatable bonds is 7. The predicted molar refractivity (Wildman–Crippen MR) is 98.1 cm³/mol. The van der Waals surface area contributed by atoms with Crippen LogP contribution in [0.1, 0.15) is 46.2 Å². The Bertz CT molecular complexity index is 734. The van der Waals surface area contributed by atoms with Gasteiger partial charge in [0.15, 0.2) is 0 Å². The number of hydrogen-bond acceptors (Lipinski definition) is 4. The maximum atomic E-state index is 12.8. The van der Waals surface area contributed by atoms with Crippen LogP contribution in [0.25, 0.3) is 0 Å². The van der Waals surface area contributed by atoms with Crippen molar-refractivity contribution in [1.82, 2.24) is 4.90 Å². The minimum Gasteiger partial charge on any atom is -0.478 e. The molecule has 0 heterocycles. The highest BCUT2D eigenvalue weighted by molar-refractivity contribution is 5.99. The summed E-state index contributed by atoms with van der Waals surface area (Å²) in [5, 5.41) is 9.05. The van der Waals surface area contributed by atoms with E-state index in [9.17, 15) is 14.4 Å². The first-order valence-electron chi connectivity index (χ1n) is 8.35. The van der Waals surface area contributed by atoms with Crippen LogP contribution in [-0.4, -0.2) is 34.5 Å². The van der Waals surface area contributed by atoms with Gasteiger partial charge in [0.2, 0.25) is 0 Å². The summed E-state index contributed by atoms with van der Waals surface area (Å²) in [6.07, 6.45) is 1.06. The molecule has 0 aromatic heterocycles. The van der Waals surface area contributed by atoms with E-state index < -0.39 is 23.9 Å². The Morgan fingerprint density at radius 1 is 1.15 bits per heavy atom. The van der Waals surface area contributed by atoms with E-state index in [-0.39, 0.29) is 12.2 Å². The third kappa shape index (κ3) is 5.31. The van der Waals surface area contributed by atoms with E-state index in [4.69, 9.17) is 9.84 Å². The monoisotopic (exact) mass is 359 g/mol. The Kier molecular flexibility index (Phi) is 7.77. The standard InChI is InChI=1S/C20H25NO5/c1-6-26-20(25)14(3)15(4)21(18(22)12-13(2)19(23)24)16(5)17-10-8-7-9-11-17/h7-12,16H,6H2,1-5H3,(H,23,24)/b13-12+,15-14-/t16-/m0/s1. The molecule has 1 aromatic rings. The lowest BCUT2D eigenvalue weighted by Gasteiger charge is -2.30. The minimum atomic E-state index is -1.17. The highest BCUT2D eigenvalue weighted by Crippen LogP contribution is 2.27. The first-order valence-corrected chi connectivity index (χ1v) is 8.35. The van der Waals surface area contributed by atoms with Crippen molar-refractivity contribution in [1.29, 1.82) is 0 Å². The first-order chi connectivity index (χ1) is 12.2. The zero-order valence-corrected chi connectivity index (χ0v) is 15.8. The van der Waals surface area contributed by atoms with Gasteiger partial charge in [-0.25, -0.2) is 9.59 Å². The maximum Gasteiger partial charge on any atom is 0.335 e. The number of amides is 1. The lowest BCUT2D eigenvalue weighted by atomic mass is 10.0. The molecule has 6 nitrogen and oxygen atoms in total. The molecule has 26 heavy (non-hydrogen) atoms. The van der Waals surface area contributed by atoms with Crippen LogP contribution in [0.15, 0.2) is 53.3 Å². The van der Waals surface area contributed by atoms with E-state index in [0.29, 0.717) is 11.3 Å². The molecular weight excluding hydrogens is 334 g/mol. The van der Waals surface area contributed by atoms with Gasteiger partial charge in [-0.15, -0.1) is 0 Å². The summed E-state index contributed by atoms with van der Waals surface area (Å²) in [6, 6.07) is 8.90. The summed E-state index contributed by atoms with van der Waals surface area (Å²) in [7, 11) is 0. The Hall–Kier alpha value is -2.89. The zero-order chi connectivity index (χ0) is 19.9. The number of carbonyl (C=O) groups excluding carboxylic acids is 2. The molecule has 1 rings (SSSR count). The van der Waals surface area contributed by atoms with Crippen LogP contribution in [-0.2, 0) is 19.1 Å². The molecule has 0 aliphatic heterocycles. The summed E-state index contributed by atoms with van der Waals surface area (Å²) in [6.45, 7) is 8.33. The molecule has 0 aliphatic carbocycles. The fourth-order valence-corrected chi connectivity index (χ4v) is 2.41. The molecule has 0 unspecified atom stereocenters. The van der Waals surface area contributed by atoms with E-state index in [0.717, 1.165) is 11.6 Å². The number of allylic oxidation sites excluding steroid dienone is 1. The van der Waals surface area contributed by atoms with Crippen LogP contribution in [0, 0.1) is 0 Å². The van der Waals surface area contributed by atoms with E-state index >= 15 is 0 Å². The van der Waals surface area contributed by atoms with Gasteiger partial charge in [-0.2, -0.15) is 0 Å². The number of carboxylic acid groups (broad SMARTS) is 1. The number of carboxylic acids is 1. The number of hydrogen-bond donors (Lipinski definition) is 1. The summed E-state index contributed by atoms with van der Waals surface area (Å²) < 4.78 is 5.02. The number of nitrogens with zero attached hydrogens (tertiary/aromatic N) is 1. The molecule has 0 spiro atoms. The average Bonchev–Trinajstić information content (AvgIpc) is 2.61. The molecule has 140 valence electrons. The van der Waals surface area contributed by atoms with Crippen LogP contribution in [0.3, 0.4) is 0 Å². The van der Waals surface area contributed by atoms with Gasteiger partial charge in [0.1, 0.15) is 0 Å². The van der Waals surface area contributed by atoms with Crippen molar-refractivity contribution in [2.75, 3.05) is 6.61 Å². The highest BCUT2D eigenvalue weighted by atomic mass is 16.5. The van der Waals surface area contributed by atoms with E-state index in [1.807, 2.05) is 37.3 Å². The molecule has 1 atom stereocenters. The highest BCUT2D eigenvalue weighted by Gasteiger charge is 2.25. The lowest BCUT2D eigenvalue weighted by molar-refractivity contribution is -0.138. The number of carbonyl (C=O) groups is 3. The molecule has 1 N–H and O–H groups in total. The normalized spacial score (nSPS) is 13.5. The van der Waals surface area contributed by atoms with E-state index in [2.05, 4.69) is 0 Å². The second kappa shape index (κ2) is 9.56. The van der Waals surface area contributed by atoms with Gasteiger partial charge in [0.25, 0.3) is 5.91 Å². The number of benzene rings is 1. The van der Waals surface area contributed by atoms with Crippen molar-refractivity contribution in [3.8, 4) is 0 Å². The molecule has 0 aliphatic rings. The molecule has 0 radical (unpaired) electrons. The van der Waals surface area contributed by atoms with Gasteiger partial charge in [0, 0.05) is 17.3 Å². The number of ether oxygens (including phenoxy) is 1. The molecule has 0 fully saturated rings. The molecule has 0 saturated heterocycles. The van der Waals surface area contributed by atoms with Crippen molar-refractivity contribution in [2.45, 2.75) is 40.7 Å². The first kappa shape index (κ1) is 21.2. The second-order valence-electron chi connectivity index (χ2n) is 5.86. The summed E-state index contributed by atoms with van der Waals surface area (Å²) in [4.78, 5) is 37.4. The topological polar surface area (TPSA) is 83.9 Å². The molecule has 6 heteroatoms. The molecule has 0 saturated carbocycles. The van der Waals surface area contributed by atoms with Crippen LogP contribution in [0.2, 0.25) is 0 Å². The maximum absolute atomic E-state index is 12.8. The van der Waals surface area contributed by atoms with E-state index in [1.54, 1.807) is 20.8 Å². The second-order valence-corrected chi connectivity index (χ2v) is 5.86. The Labute approximate surface area is 153 Å².